The number of aromatic nitrogens is 2. The number of fused-ring (bicyclic) bond motifs is 6. The molecule has 0 spiro atoms. The summed E-state index contributed by atoms with van der Waals surface area (Å²) in [6, 6.07) is 9.40. The first-order chi connectivity index (χ1) is 14.6. The molecule has 0 aliphatic carbocycles. The highest BCUT2D eigenvalue weighted by Gasteiger charge is 2.47. The lowest BCUT2D eigenvalue weighted by Gasteiger charge is -2.36. The molecule has 0 radical (unpaired) electrons. The van der Waals surface area contributed by atoms with Gasteiger partial charge in [0.15, 0.2) is 0 Å². The number of hydrogen-bond donors (Lipinski definition) is 1. The highest BCUT2D eigenvalue weighted by molar-refractivity contribution is 5.87. The van der Waals surface area contributed by atoms with Gasteiger partial charge in [-0.15, -0.1) is 0 Å². The van der Waals surface area contributed by atoms with Gasteiger partial charge in [0.25, 0.3) is 0 Å². The summed E-state index contributed by atoms with van der Waals surface area (Å²) < 4.78 is 42.0. The second-order valence-corrected chi connectivity index (χ2v) is 9.22. The minimum Gasteiger partial charge on any atom is -0.384 e. The summed E-state index contributed by atoms with van der Waals surface area (Å²) in [5.74, 6) is 0. The van der Waals surface area contributed by atoms with E-state index in [1.54, 1.807) is 36.4 Å². The molecule has 2 aromatic heterocycles. The minimum atomic E-state index is -4.21. The van der Waals surface area contributed by atoms with Gasteiger partial charge in [0.1, 0.15) is 5.60 Å². The zero-order valence-electron chi connectivity index (χ0n) is 17.7. The number of halogens is 3. The summed E-state index contributed by atoms with van der Waals surface area (Å²) in [7, 11) is 0. The molecule has 3 aromatic rings. The molecule has 7 heteroatoms. The quantitative estimate of drug-likeness (QED) is 0.643. The Morgan fingerprint density at radius 3 is 2.55 bits per heavy atom. The van der Waals surface area contributed by atoms with Gasteiger partial charge in [-0.1, -0.05) is 11.6 Å². The third-order valence-corrected chi connectivity index (χ3v) is 6.90. The Morgan fingerprint density at radius 1 is 1.10 bits per heavy atom. The zero-order valence-corrected chi connectivity index (χ0v) is 17.7. The second kappa shape index (κ2) is 7.07. The van der Waals surface area contributed by atoms with E-state index in [-0.39, 0.29) is 12.1 Å². The lowest BCUT2D eigenvalue weighted by atomic mass is 9.95. The van der Waals surface area contributed by atoms with Crippen LogP contribution in [0.2, 0.25) is 0 Å². The summed E-state index contributed by atoms with van der Waals surface area (Å²) in [4.78, 5) is 5.68. The van der Waals surface area contributed by atoms with Crippen molar-refractivity contribution in [2.24, 2.45) is 0 Å². The topological polar surface area (TPSA) is 41.3 Å². The van der Waals surface area contributed by atoms with E-state index in [0.717, 1.165) is 46.1 Å². The third-order valence-electron chi connectivity index (χ3n) is 6.90. The number of aryl methyl sites for hydroxylation is 1. The van der Waals surface area contributed by atoms with Crippen molar-refractivity contribution in [3.05, 3.63) is 65.1 Å². The molecule has 1 saturated heterocycles. The van der Waals surface area contributed by atoms with Crippen LogP contribution in [0.1, 0.15) is 48.2 Å². The highest BCUT2D eigenvalue weighted by Crippen LogP contribution is 2.49. The van der Waals surface area contributed by atoms with Crippen molar-refractivity contribution >= 4 is 10.9 Å². The van der Waals surface area contributed by atoms with Crippen LogP contribution in [-0.4, -0.2) is 38.3 Å². The Balaban J connectivity index is 1.63. The van der Waals surface area contributed by atoms with E-state index < -0.39 is 18.3 Å². The smallest absolute Gasteiger partial charge is 0.384 e. The van der Waals surface area contributed by atoms with Crippen LogP contribution < -0.4 is 0 Å². The van der Waals surface area contributed by atoms with Gasteiger partial charge in [0.2, 0.25) is 0 Å². The van der Waals surface area contributed by atoms with Gasteiger partial charge in [-0.25, -0.2) is 0 Å². The van der Waals surface area contributed by atoms with Crippen molar-refractivity contribution < 1.29 is 18.3 Å². The molecule has 2 aliphatic rings. The summed E-state index contributed by atoms with van der Waals surface area (Å²) >= 11 is 0. The first kappa shape index (κ1) is 20.5. The molecule has 0 saturated carbocycles. The van der Waals surface area contributed by atoms with Gasteiger partial charge >= 0.3 is 6.18 Å². The van der Waals surface area contributed by atoms with Crippen LogP contribution in [0.5, 0.6) is 0 Å². The molecule has 1 fully saturated rings. The molecule has 1 N–H and O–H groups in total. The number of rotatable bonds is 4. The highest BCUT2D eigenvalue weighted by atomic mass is 19.4. The van der Waals surface area contributed by atoms with Crippen molar-refractivity contribution in [3.63, 3.8) is 0 Å². The van der Waals surface area contributed by atoms with E-state index in [9.17, 15) is 18.3 Å². The molecule has 31 heavy (non-hydrogen) atoms. The minimum absolute atomic E-state index is 0.117. The van der Waals surface area contributed by atoms with E-state index in [4.69, 9.17) is 0 Å². The molecule has 4 nitrogen and oxygen atoms in total. The predicted octanol–water partition coefficient (Wildman–Crippen LogP) is 4.88. The molecule has 3 atom stereocenters. The van der Waals surface area contributed by atoms with Gasteiger partial charge in [-0.05, 0) is 62.1 Å². The van der Waals surface area contributed by atoms with Crippen molar-refractivity contribution in [2.45, 2.75) is 63.5 Å². The van der Waals surface area contributed by atoms with Gasteiger partial charge in [0, 0.05) is 47.5 Å². The summed E-state index contributed by atoms with van der Waals surface area (Å²) in [6.45, 7) is 3.26. The lowest BCUT2D eigenvalue weighted by molar-refractivity contribution is -0.153. The van der Waals surface area contributed by atoms with E-state index in [1.807, 2.05) is 19.1 Å². The molecule has 164 valence electrons. The Morgan fingerprint density at radius 2 is 1.84 bits per heavy atom. The van der Waals surface area contributed by atoms with Crippen LogP contribution in [0.3, 0.4) is 0 Å². The zero-order chi connectivity index (χ0) is 22.0. The second-order valence-electron chi connectivity index (χ2n) is 9.22. The summed E-state index contributed by atoms with van der Waals surface area (Å²) in [5, 5.41) is 12.3. The molecule has 1 aromatic carbocycles. The van der Waals surface area contributed by atoms with Crippen molar-refractivity contribution in [3.8, 4) is 0 Å². The fourth-order valence-electron chi connectivity index (χ4n) is 5.57. The van der Waals surface area contributed by atoms with Crippen molar-refractivity contribution in [1.29, 1.82) is 0 Å². The normalized spacial score (nSPS) is 23.2. The van der Waals surface area contributed by atoms with E-state index in [1.165, 1.54) is 0 Å². The molecule has 0 amide bonds. The maximum Gasteiger partial charge on any atom is 0.401 e. The SMILES string of the molecule is Cc1ccc2c(c1)c1c(n2CC(C)(O)c2ccncc2)CC2CCC1N2CC(F)(F)F. The molecule has 4 heterocycles. The average molecular weight is 429 g/mol. The molecule has 5 rings (SSSR count). The maximum absolute atomic E-state index is 13.3. The fourth-order valence-corrected chi connectivity index (χ4v) is 5.57. The summed E-state index contributed by atoms with van der Waals surface area (Å²) in [5.41, 5.74) is 3.78. The lowest BCUT2D eigenvalue weighted by Crippen LogP contribution is -2.43. The number of alkyl halides is 3. The molecular weight excluding hydrogens is 403 g/mol. The van der Waals surface area contributed by atoms with Crippen molar-refractivity contribution in [1.82, 2.24) is 14.5 Å². The van der Waals surface area contributed by atoms with Gasteiger partial charge < -0.3 is 9.67 Å². The van der Waals surface area contributed by atoms with Gasteiger partial charge in [-0.3, -0.25) is 9.88 Å². The van der Waals surface area contributed by atoms with Crippen molar-refractivity contribution in [2.75, 3.05) is 6.54 Å². The predicted molar refractivity (Wildman–Crippen MR) is 113 cm³/mol. The Kier molecular flexibility index (Phi) is 4.68. The molecule has 2 bridgehead atoms. The van der Waals surface area contributed by atoms with E-state index >= 15 is 0 Å². The number of pyridine rings is 1. The molecule has 2 aliphatic heterocycles. The van der Waals surface area contributed by atoms with Crippen LogP contribution in [0.4, 0.5) is 13.2 Å². The van der Waals surface area contributed by atoms with Gasteiger partial charge in [0.05, 0.1) is 13.1 Å². The Labute approximate surface area is 179 Å². The maximum atomic E-state index is 13.3. The number of aliphatic hydroxyl groups is 1. The van der Waals surface area contributed by atoms with E-state index in [2.05, 4.69) is 15.6 Å². The van der Waals surface area contributed by atoms with Crippen LogP contribution in [0, 0.1) is 6.92 Å². The monoisotopic (exact) mass is 429 g/mol. The first-order valence-electron chi connectivity index (χ1n) is 10.7. The van der Waals surface area contributed by atoms with Crippen LogP contribution in [0.25, 0.3) is 10.9 Å². The van der Waals surface area contributed by atoms with Crippen LogP contribution in [-0.2, 0) is 18.6 Å². The van der Waals surface area contributed by atoms with Crippen LogP contribution in [0.15, 0.2) is 42.7 Å². The van der Waals surface area contributed by atoms with E-state index in [0.29, 0.717) is 13.0 Å². The standard InChI is InChI=1S/C24H26F3N3O/c1-15-3-5-19-18(11-15)22-20-6-4-17(29(20)14-24(25,26)27)12-21(22)30(19)13-23(2,31)16-7-9-28-10-8-16/h3,5,7-11,17,20,31H,4,6,12-14H2,1-2H3. The first-order valence-corrected chi connectivity index (χ1v) is 10.7. The number of benzene rings is 1. The Hall–Kier alpha value is -2.38. The molecule has 3 unspecified atom stereocenters. The fraction of sp³-hybridized carbons (Fsp3) is 0.458. The van der Waals surface area contributed by atoms with Crippen LogP contribution >= 0.6 is 0 Å². The third kappa shape index (κ3) is 3.53. The van der Waals surface area contributed by atoms with Gasteiger partial charge in [-0.2, -0.15) is 13.2 Å². The average Bonchev–Trinajstić information content (AvgIpc) is 3.12. The summed E-state index contributed by atoms with van der Waals surface area (Å²) in [6.07, 6.45) is 1.18. The number of hydrogen-bond acceptors (Lipinski definition) is 3. The number of nitrogens with zero attached hydrogens (tertiary/aromatic N) is 3. The largest absolute Gasteiger partial charge is 0.401 e. The molecular formula is C24H26F3N3O. The Bertz CT molecular complexity index is 1120.